The average Bonchev–Trinajstić information content (AvgIpc) is 3.10. The molecule has 2 aliphatic carbocycles. The van der Waals surface area contributed by atoms with Crippen LogP contribution in [0.5, 0.6) is 0 Å². The van der Waals surface area contributed by atoms with Crippen molar-refractivity contribution in [2.75, 3.05) is 6.54 Å². The van der Waals surface area contributed by atoms with E-state index < -0.39 is 0 Å². The van der Waals surface area contributed by atoms with E-state index in [0.29, 0.717) is 6.04 Å². The Balaban J connectivity index is 1.71. The number of aryl methyl sites for hydroxylation is 2. The van der Waals surface area contributed by atoms with Crippen LogP contribution in [0.15, 0.2) is 18.2 Å². The molecule has 0 aliphatic heterocycles. The summed E-state index contributed by atoms with van der Waals surface area (Å²) in [5, 5.41) is 3.67. The highest BCUT2D eigenvalue weighted by molar-refractivity contribution is 5.36. The molecule has 1 heteroatoms. The Morgan fingerprint density at radius 2 is 2.06 bits per heavy atom. The van der Waals surface area contributed by atoms with E-state index in [9.17, 15) is 0 Å². The monoisotopic (exact) mass is 243 g/mol. The van der Waals surface area contributed by atoms with Crippen LogP contribution in [0, 0.1) is 5.92 Å². The second-order valence-corrected chi connectivity index (χ2v) is 6.01. The molecule has 2 aliphatic rings. The molecule has 0 aromatic heterocycles. The second-order valence-electron chi connectivity index (χ2n) is 6.01. The number of nitrogens with one attached hydrogen (secondary N) is 1. The molecule has 1 unspecified atom stereocenters. The van der Waals surface area contributed by atoms with Crippen LogP contribution < -0.4 is 5.32 Å². The maximum absolute atomic E-state index is 3.67. The van der Waals surface area contributed by atoms with Crippen molar-refractivity contribution in [3.05, 3.63) is 34.9 Å². The van der Waals surface area contributed by atoms with Crippen LogP contribution in [0.2, 0.25) is 0 Å². The average molecular weight is 243 g/mol. The highest BCUT2D eigenvalue weighted by atomic mass is 14.9. The fourth-order valence-electron chi connectivity index (χ4n) is 3.25. The molecule has 0 heterocycles. The molecule has 1 aromatic carbocycles. The zero-order chi connectivity index (χ0) is 12.4. The largest absolute Gasteiger partial charge is 0.310 e. The summed E-state index contributed by atoms with van der Waals surface area (Å²) in [5.41, 5.74) is 4.73. The predicted molar refractivity (Wildman–Crippen MR) is 76.8 cm³/mol. The van der Waals surface area contributed by atoms with Crippen LogP contribution >= 0.6 is 0 Å². The maximum Gasteiger partial charge on any atom is 0.0320 e. The van der Waals surface area contributed by atoms with Crippen molar-refractivity contribution in [1.82, 2.24) is 5.32 Å². The maximum atomic E-state index is 3.67. The topological polar surface area (TPSA) is 12.0 Å². The molecule has 0 saturated heterocycles. The van der Waals surface area contributed by atoms with Crippen molar-refractivity contribution < 1.29 is 0 Å². The third kappa shape index (κ3) is 2.77. The quantitative estimate of drug-likeness (QED) is 0.796. The molecule has 1 saturated carbocycles. The first-order valence-electron chi connectivity index (χ1n) is 7.72. The second kappa shape index (κ2) is 5.44. The minimum atomic E-state index is 0.585. The Morgan fingerprint density at radius 1 is 1.22 bits per heavy atom. The summed E-state index contributed by atoms with van der Waals surface area (Å²) in [6.45, 7) is 3.30. The van der Waals surface area contributed by atoms with Crippen LogP contribution in [0.25, 0.3) is 0 Å². The van der Waals surface area contributed by atoms with E-state index in [1.54, 1.807) is 11.1 Å². The van der Waals surface area contributed by atoms with Crippen molar-refractivity contribution >= 4 is 0 Å². The van der Waals surface area contributed by atoms with Gasteiger partial charge in [0.15, 0.2) is 0 Å². The smallest absolute Gasteiger partial charge is 0.0320 e. The minimum absolute atomic E-state index is 0.585. The molecule has 18 heavy (non-hydrogen) atoms. The van der Waals surface area contributed by atoms with E-state index in [-0.39, 0.29) is 0 Å². The van der Waals surface area contributed by atoms with Gasteiger partial charge in [0.1, 0.15) is 0 Å². The fourth-order valence-corrected chi connectivity index (χ4v) is 3.25. The number of hydrogen-bond donors (Lipinski definition) is 1. The van der Waals surface area contributed by atoms with Crippen LogP contribution in [0.3, 0.4) is 0 Å². The Hall–Kier alpha value is -0.820. The van der Waals surface area contributed by atoms with Gasteiger partial charge in [-0.25, -0.2) is 0 Å². The van der Waals surface area contributed by atoms with Gasteiger partial charge in [0.2, 0.25) is 0 Å². The lowest BCUT2D eigenvalue weighted by Gasteiger charge is -2.19. The van der Waals surface area contributed by atoms with Crippen molar-refractivity contribution in [3.63, 3.8) is 0 Å². The highest BCUT2D eigenvalue weighted by Gasteiger charge is 2.23. The highest BCUT2D eigenvalue weighted by Crippen LogP contribution is 2.36. The lowest BCUT2D eigenvalue weighted by atomic mass is 9.97. The van der Waals surface area contributed by atoms with E-state index in [2.05, 4.69) is 30.4 Å². The summed E-state index contributed by atoms with van der Waals surface area (Å²) in [4.78, 5) is 0. The van der Waals surface area contributed by atoms with Gasteiger partial charge >= 0.3 is 0 Å². The van der Waals surface area contributed by atoms with Gasteiger partial charge in [0.25, 0.3) is 0 Å². The number of benzene rings is 1. The normalized spacial score (nSPS) is 19.8. The number of rotatable bonds is 6. The molecule has 1 aromatic rings. The van der Waals surface area contributed by atoms with E-state index in [1.165, 1.54) is 50.5 Å². The van der Waals surface area contributed by atoms with E-state index >= 15 is 0 Å². The zero-order valence-corrected chi connectivity index (χ0v) is 11.5. The molecule has 1 nitrogen and oxygen atoms in total. The standard InChI is InChI=1S/C17H25N/c1-2-18-17(11-8-13-6-7-13)16-10-9-14-4-3-5-15(14)12-16/h9-10,12-13,17-18H,2-8,11H2,1H3. The lowest BCUT2D eigenvalue weighted by Crippen LogP contribution is -2.21. The van der Waals surface area contributed by atoms with E-state index in [4.69, 9.17) is 0 Å². The van der Waals surface area contributed by atoms with Gasteiger partial charge in [-0.2, -0.15) is 0 Å². The van der Waals surface area contributed by atoms with Crippen molar-refractivity contribution in [1.29, 1.82) is 0 Å². The van der Waals surface area contributed by atoms with Gasteiger partial charge in [-0.05, 0) is 61.3 Å². The first-order valence-corrected chi connectivity index (χ1v) is 7.72. The Bertz CT molecular complexity index is 406. The van der Waals surface area contributed by atoms with Crippen LogP contribution in [-0.4, -0.2) is 6.54 Å². The lowest BCUT2D eigenvalue weighted by molar-refractivity contribution is 0.481. The molecule has 1 fully saturated rings. The Morgan fingerprint density at radius 3 is 2.83 bits per heavy atom. The van der Waals surface area contributed by atoms with Gasteiger partial charge in [-0.1, -0.05) is 38.0 Å². The van der Waals surface area contributed by atoms with Crippen molar-refractivity contribution in [3.8, 4) is 0 Å². The Kier molecular flexibility index (Phi) is 3.69. The zero-order valence-electron chi connectivity index (χ0n) is 11.5. The van der Waals surface area contributed by atoms with Gasteiger partial charge in [-0.15, -0.1) is 0 Å². The van der Waals surface area contributed by atoms with Gasteiger partial charge in [0.05, 0.1) is 0 Å². The predicted octanol–water partition coefficient (Wildman–Crippen LogP) is 4.02. The summed E-state index contributed by atoms with van der Waals surface area (Å²) in [6.07, 6.45) is 9.62. The first-order chi connectivity index (χ1) is 8.86. The summed E-state index contributed by atoms with van der Waals surface area (Å²) in [5.74, 6) is 1.04. The summed E-state index contributed by atoms with van der Waals surface area (Å²) < 4.78 is 0. The Labute approximate surface area is 111 Å². The van der Waals surface area contributed by atoms with Crippen LogP contribution in [-0.2, 0) is 12.8 Å². The molecule has 98 valence electrons. The molecule has 1 atom stereocenters. The molecular formula is C17H25N. The molecule has 3 rings (SSSR count). The first kappa shape index (κ1) is 12.2. The fraction of sp³-hybridized carbons (Fsp3) is 0.647. The molecule has 1 N–H and O–H groups in total. The third-order valence-corrected chi connectivity index (χ3v) is 4.54. The van der Waals surface area contributed by atoms with Crippen molar-refractivity contribution in [2.24, 2.45) is 5.92 Å². The number of fused-ring (bicyclic) bond motifs is 1. The summed E-state index contributed by atoms with van der Waals surface area (Å²) >= 11 is 0. The SMILES string of the molecule is CCNC(CCC1CC1)c1ccc2c(c1)CCC2. The van der Waals surface area contributed by atoms with Crippen molar-refractivity contribution in [2.45, 2.75) is 57.9 Å². The minimum Gasteiger partial charge on any atom is -0.310 e. The molecule has 0 bridgehead atoms. The summed E-state index contributed by atoms with van der Waals surface area (Å²) in [7, 11) is 0. The molecule has 0 radical (unpaired) electrons. The van der Waals surface area contributed by atoms with Gasteiger partial charge in [-0.3, -0.25) is 0 Å². The van der Waals surface area contributed by atoms with Crippen LogP contribution in [0.4, 0.5) is 0 Å². The molecule has 0 amide bonds. The van der Waals surface area contributed by atoms with Gasteiger partial charge < -0.3 is 5.32 Å². The van der Waals surface area contributed by atoms with E-state index in [1.807, 2.05) is 0 Å². The molecule has 0 spiro atoms. The van der Waals surface area contributed by atoms with Crippen LogP contribution in [0.1, 0.15) is 61.8 Å². The number of hydrogen-bond acceptors (Lipinski definition) is 1. The summed E-state index contributed by atoms with van der Waals surface area (Å²) in [6, 6.07) is 7.80. The van der Waals surface area contributed by atoms with Gasteiger partial charge in [0, 0.05) is 6.04 Å². The van der Waals surface area contributed by atoms with E-state index in [0.717, 1.165) is 12.5 Å². The third-order valence-electron chi connectivity index (χ3n) is 4.54. The molecular weight excluding hydrogens is 218 g/mol.